The molecule has 2 rings (SSSR count). The summed E-state index contributed by atoms with van der Waals surface area (Å²) in [5.41, 5.74) is 0.574. The molecular formula is C12H11BrN2O2S. The molecule has 0 aliphatic heterocycles. The van der Waals surface area contributed by atoms with Gasteiger partial charge in [-0.1, -0.05) is 11.3 Å². The molecule has 0 aliphatic carbocycles. The van der Waals surface area contributed by atoms with Gasteiger partial charge in [-0.15, -0.1) is 0 Å². The number of hydrogen-bond acceptors (Lipinski definition) is 4. The van der Waals surface area contributed by atoms with Crippen LogP contribution in [0.15, 0.2) is 34.2 Å². The first-order valence-corrected chi connectivity index (χ1v) is 6.95. The first kappa shape index (κ1) is 13.0. The van der Waals surface area contributed by atoms with Gasteiger partial charge in [-0.05, 0) is 47.1 Å². The Bertz CT molecular complexity index is 539. The second-order valence-corrected chi connectivity index (χ2v) is 5.79. The minimum absolute atomic E-state index is 0.181. The van der Waals surface area contributed by atoms with Crippen LogP contribution in [0.4, 0.5) is 5.13 Å². The number of benzene rings is 1. The van der Waals surface area contributed by atoms with E-state index in [1.165, 1.54) is 11.3 Å². The van der Waals surface area contributed by atoms with Crippen molar-refractivity contribution < 1.29 is 9.53 Å². The quantitative estimate of drug-likeness (QED) is 0.934. The summed E-state index contributed by atoms with van der Waals surface area (Å²) in [6.07, 6.45) is 1.65. The van der Waals surface area contributed by atoms with Crippen LogP contribution in [0, 0.1) is 0 Å². The Morgan fingerprint density at radius 1 is 1.44 bits per heavy atom. The highest BCUT2D eigenvalue weighted by atomic mass is 79.9. The molecule has 0 spiro atoms. The smallest absolute Gasteiger partial charge is 0.257 e. The fourth-order valence-electron chi connectivity index (χ4n) is 1.35. The van der Waals surface area contributed by atoms with Crippen LogP contribution in [0.2, 0.25) is 0 Å². The van der Waals surface area contributed by atoms with Crippen molar-refractivity contribution in [3.05, 3.63) is 39.8 Å². The normalized spacial score (nSPS) is 10.1. The van der Waals surface area contributed by atoms with Gasteiger partial charge >= 0.3 is 0 Å². The van der Waals surface area contributed by atoms with Gasteiger partial charge in [0, 0.05) is 5.56 Å². The van der Waals surface area contributed by atoms with Gasteiger partial charge in [-0.3, -0.25) is 10.1 Å². The van der Waals surface area contributed by atoms with Crippen LogP contribution in [0.3, 0.4) is 0 Å². The average Bonchev–Trinajstić information content (AvgIpc) is 2.76. The number of rotatable bonds is 4. The number of aromatic nitrogens is 1. The molecular weight excluding hydrogens is 316 g/mol. The highest BCUT2D eigenvalue weighted by molar-refractivity contribution is 9.11. The Hall–Kier alpha value is -1.40. The van der Waals surface area contributed by atoms with Gasteiger partial charge in [0.1, 0.15) is 5.75 Å². The number of amides is 1. The maximum absolute atomic E-state index is 11.9. The summed E-state index contributed by atoms with van der Waals surface area (Å²) in [6, 6.07) is 7.00. The summed E-state index contributed by atoms with van der Waals surface area (Å²) in [7, 11) is 0. The van der Waals surface area contributed by atoms with Gasteiger partial charge in [-0.25, -0.2) is 4.98 Å². The zero-order valence-electron chi connectivity index (χ0n) is 9.64. The van der Waals surface area contributed by atoms with Crippen molar-refractivity contribution in [1.29, 1.82) is 0 Å². The van der Waals surface area contributed by atoms with Crippen molar-refractivity contribution in [3.8, 4) is 5.75 Å². The predicted molar refractivity (Wildman–Crippen MR) is 75.4 cm³/mol. The topological polar surface area (TPSA) is 51.2 Å². The third kappa shape index (κ3) is 3.30. The molecule has 1 N–H and O–H groups in total. The molecule has 0 radical (unpaired) electrons. The van der Waals surface area contributed by atoms with Gasteiger partial charge < -0.3 is 4.74 Å². The molecule has 0 atom stereocenters. The number of carbonyl (C=O) groups excluding carboxylic acids is 1. The van der Waals surface area contributed by atoms with Gasteiger partial charge in [-0.2, -0.15) is 0 Å². The Morgan fingerprint density at radius 2 is 2.17 bits per heavy atom. The van der Waals surface area contributed by atoms with E-state index in [-0.39, 0.29) is 5.91 Å². The lowest BCUT2D eigenvalue weighted by molar-refractivity contribution is 0.102. The van der Waals surface area contributed by atoms with E-state index in [0.717, 1.165) is 9.54 Å². The molecule has 18 heavy (non-hydrogen) atoms. The average molecular weight is 327 g/mol. The molecule has 1 aromatic carbocycles. The number of anilines is 1. The van der Waals surface area contributed by atoms with Crippen molar-refractivity contribution >= 4 is 38.3 Å². The second kappa shape index (κ2) is 5.97. The first-order chi connectivity index (χ1) is 8.69. The molecule has 94 valence electrons. The molecule has 1 aromatic heterocycles. The Kier molecular flexibility index (Phi) is 4.33. The number of hydrogen-bond donors (Lipinski definition) is 1. The summed E-state index contributed by atoms with van der Waals surface area (Å²) in [6.45, 7) is 2.53. The summed E-state index contributed by atoms with van der Waals surface area (Å²) in [5, 5.41) is 3.30. The molecule has 0 bridgehead atoms. The van der Waals surface area contributed by atoms with E-state index in [1.54, 1.807) is 30.5 Å². The number of thiazole rings is 1. The molecule has 0 saturated carbocycles. The van der Waals surface area contributed by atoms with Crippen LogP contribution in [-0.4, -0.2) is 17.5 Å². The number of carbonyl (C=O) groups is 1. The van der Waals surface area contributed by atoms with E-state index in [0.29, 0.717) is 17.3 Å². The van der Waals surface area contributed by atoms with Gasteiger partial charge in [0.05, 0.1) is 16.6 Å². The van der Waals surface area contributed by atoms with E-state index in [2.05, 4.69) is 26.2 Å². The maximum atomic E-state index is 11.9. The summed E-state index contributed by atoms with van der Waals surface area (Å²) in [5.74, 6) is 0.575. The lowest BCUT2D eigenvalue weighted by atomic mass is 10.2. The molecule has 2 aromatic rings. The number of ether oxygens (including phenoxy) is 1. The molecule has 1 heterocycles. The fourth-order valence-corrected chi connectivity index (χ4v) is 2.45. The number of nitrogens with zero attached hydrogens (tertiary/aromatic N) is 1. The Morgan fingerprint density at radius 3 is 2.72 bits per heavy atom. The number of halogens is 1. The molecule has 0 fully saturated rings. The lowest BCUT2D eigenvalue weighted by Crippen LogP contribution is -2.11. The highest BCUT2D eigenvalue weighted by Gasteiger charge is 2.08. The van der Waals surface area contributed by atoms with Crippen molar-refractivity contribution in [2.45, 2.75) is 6.92 Å². The minimum Gasteiger partial charge on any atom is -0.494 e. The van der Waals surface area contributed by atoms with E-state index in [4.69, 9.17) is 4.74 Å². The van der Waals surface area contributed by atoms with E-state index in [1.807, 2.05) is 6.92 Å². The summed E-state index contributed by atoms with van der Waals surface area (Å²) >= 11 is 4.66. The third-order valence-corrected chi connectivity index (χ3v) is 3.52. The van der Waals surface area contributed by atoms with Crippen molar-refractivity contribution in [3.63, 3.8) is 0 Å². The third-order valence-electron chi connectivity index (χ3n) is 2.13. The molecule has 0 unspecified atom stereocenters. The van der Waals surface area contributed by atoms with E-state index >= 15 is 0 Å². The second-order valence-electron chi connectivity index (χ2n) is 3.38. The maximum Gasteiger partial charge on any atom is 0.257 e. The zero-order valence-corrected chi connectivity index (χ0v) is 12.0. The van der Waals surface area contributed by atoms with Crippen molar-refractivity contribution in [1.82, 2.24) is 4.98 Å². The van der Waals surface area contributed by atoms with Crippen LogP contribution in [-0.2, 0) is 0 Å². The van der Waals surface area contributed by atoms with E-state index in [9.17, 15) is 4.79 Å². The Labute approximate surface area is 117 Å². The van der Waals surface area contributed by atoms with Crippen molar-refractivity contribution in [2.75, 3.05) is 11.9 Å². The summed E-state index contributed by atoms with van der Waals surface area (Å²) < 4.78 is 6.19. The van der Waals surface area contributed by atoms with Crippen LogP contribution in [0.1, 0.15) is 17.3 Å². The predicted octanol–water partition coefficient (Wildman–Crippen LogP) is 3.56. The van der Waals surface area contributed by atoms with E-state index < -0.39 is 0 Å². The lowest BCUT2D eigenvalue weighted by Gasteiger charge is -2.04. The van der Waals surface area contributed by atoms with Crippen LogP contribution in [0.25, 0.3) is 0 Å². The van der Waals surface area contributed by atoms with Crippen LogP contribution in [0.5, 0.6) is 5.75 Å². The SMILES string of the molecule is CCOc1ccc(C(=O)Nc2ncc(Br)s2)cc1. The highest BCUT2D eigenvalue weighted by Crippen LogP contribution is 2.23. The number of nitrogens with one attached hydrogen (secondary N) is 1. The molecule has 0 saturated heterocycles. The Balaban J connectivity index is 2.04. The standard InChI is InChI=1S/C12H11BrN2O2S/c1-2-17-9-5-3-8(4-6-9)11(16)15-12-14-7-10(13)18-12/h3-7H,2H2,1H3,(H,14,15,16). The summed E-state index contributed by atoms with van der Waals surface area (Å²) in [4.78, 5) is 15.9. The van der Waals surface area contributed by atoms with Gasteiger partial charge in [0.15, 0.2) is 5.13 Å². The molecule has 4 nitrogen and oxygen atoms in total. The monoisotopic (exact) mass is 326 g/mol. The van der Waals surface area contributed by atoms with Crippen LogP contribution >= 0.6 is 27.3 Å². The minimum atomic E-state index is -0.181. The fraction of sp³-hybridized carbons (Fsp3) is 0.167. The molecule has 6 heteroatoms. The largest absolute Gasteiger partial charge is 0.494 e. The van der Waals surface area contributed by atoms with Crippen LogP contribution < -0.4 is 10.1 Å². The molecule has 1 amide bonds. The van der Waals surface area contributed by atoms with Gasteiger partial charge in [0.25, 0.3) is 5.91 Å². The van der Waals surface area contributed by atoms with Crippen molar-refractivity contribution in [2.24, 2.45) is 0 Å². The molecule has 0 aliphatic rings. The zero-order chi connectivity index (χ0) is 13.0. The van der Waals surface area contributed by atoms with Gasteiger partial charge in [0.2, 0.25) is 0 Å². The first-order valence-electron chi connectivity index (χ1n) is 5.34.